The van der Waals surface area contributed by atoms with Crippen molar-refractivity contribution >= 4 is 17.5 Å². The van der Waals surface area contributed by atoms with Gasteiger partial charge in [0.25, 0.3) is 0 Å². The van der Waals surface area contributed by atoms with E-state index in [1.54, 1.807) is 13.3 Å². The SMILES string of the molecule is COc1cc(N2CCC3(CCN(C(=O)[C@@H]4C[C@H]4c4ccccc4)CC3)C2=O)ccc1-c1cn[nH]c1. The average Bonchev–Trinajstić information content (AvgIpc) is 3.40. The molecule has 2 amide bonds. The summed E-state index contributed by atoms with van der Waals surface area (Å²) in [5.74, 6) is 1.61. The van der Waals surface area contributed by atoms with E-state index in [4.69, 9.17) is 4.74 Å². The van der Waals surface area contributed by atoms with Crippen molar-refractivity contribution in [2.75, 3.05) is 31.6 Å². The maximum atomic E-state index is 13.6. The van der Waals surface area contributed by atoms with Crippen LogP contribution >= 0.6 is 0 Å². The predicted octanol–water partition coefficient (Wildman–Crippen LogP) is 4.23. The smallest absolute Gasteiger partial charge is 0.233 e. The topological polar surface area (TPSA) is 78.5 Å². The van der Waals surface area contributed by atoms with Crippen LogP contribution in [0.1, 0.15) is 37.2 Å². The van der Waals surface area contributed by atoms with Gasteiger partial charge in [-0.15, -0.1) is 0 Å². The summed E-state index contributed by atoms with van der Waals surface area (Å²) in [5, 5.41) is 6.85. The van der Waals surface area contributed by atoms with Crippen molar-refractivity contribution in [3.8, 4) is 16.9 Å². The highest BCUT2D eigenvalue weighted by atomic mass is 16.5. The Morgan fingerprint density at radius 2 is 1.86 bits per heavy atom. The van der Waals surface area contributed by atoms with Gasteiger partial charge in [0, 0.05) is 54.6 Å². The second-order valence-electron chi connectivity index (χ2n) is 10.0. The first kappa shape index (κ1) is 21.9. The molecule has 2 atom stereocenters. The minimum absolute atomic E-state index is 0.100. The van der Waals surface area contributed by atoms with Crippen molar-refractivity contribution in [1.29, 1.82) is 0 Å². The minimum Gasteiger partial charge on any atom is -0.496 e. The molecule has 6 rings (SSSR count). The monoisotopic (exact) mass is 470 g/mol. The first-order chi connectivity index (χ1) is 17.1. The molecular formula is C28H30N4O3. The van der Waals surface area contributed by atoms with Gasteiger partial charge in [-0.1, -0.05) is 30.3 Å². The zero-order valence-electron chi connectivity index (χ0n) is 19.9. The third-order valence-electron chi connectivity index (χ3n) is 8.19. The predicted molar refractivity (Wildman–Crippen MR) is 133 cm³/mol. The number of H-pyrrole nitrogens is 1. The van der Waals surface area contributed by atoms with Crippen molar-refractivity contribution in [2.24, 2.45) is 11.3 Å². The van der Waals surface area contributed by atoms with Gasteiger partial charge in [-0.25, -0.2) is 0 Å². The third kappa shape index (κ3) is 3.79. The molecule has 2 aromatic carbocycles. The van der Waals surface area contributed by atoms with Crippen LogP contribution in [0.2, 0.25) is 0 Å². The first-order valence-corrected chi connectivity index (χ1v) is 12.4. The molecule has 1 aliphatic carbocycles. The highest BCUT2D eigenvalue weighted by Gasteiger charge is 2.51. The fraction of sp³-hybridized carbons (Fsp3) is 0.393. The zero-order chi connectivity index (χ0) is 24.0. The van der Waals surface area contributed by atoms with Crippen LogP contribution in [0, 0.1) is 11.3 Å². The van der Waals surface area contributed by atoms with Gasteiger partial charge in [0.05, 0.1) is 18.7 Å². The molecule has 3 aliphatic rings. The van der Waals surface area contributed by atoms with Gasteiger partial charge in [0.15, 0.2) is 0 Å². The van der Waals surface area contributed by atoms with Gasteiger partial charge in [0.2, 0.25) is 11.8 Å². The van der Waals surface area contributed by atoms with Gasteiger partial charge in [-0.05, 0) is 49.3 Å². The normalized spacial score (nSPS) is 23.1. The second kappa shape index (κ2) is 8.56. The number of rotatable bonds is 5. The first-order valence-electron chi connectivity index (χ1n) is 12.4. The lowest BCUT2D eigenvalue weighted by molar-refractivity contribution is -0.138. The van der Waals surface area contributed by atoms with Gasteiger partial charge in [-0.2, -0.15) is 5.10 Å². The summed E-state index contributed by atoms with van der Waals surface area (Å²) in [5.41, 5.74) is 3.63. The molecule has 3 aromatic rings. The van der Waals surface area contributed by atoms with Crippen molar-refractivity contribution in [3.05, 3.63) is 66.5 Å². The van der Waals surface area contributed by atoms with Crippen LogP contribution in [0.3, 0.4) is 0 Å². The molecule has 2 aliphatic heterocycles. The van der Waals surface area contributed by atoms with Crippen molar-refractivity contribution in [2.45, 2.75) is 31.6 Å². The summed E-state index contributed by atoms with van der Waals surface area (Å²) in [6, 6.07) is 16.2. The van der Waals surface area contributed by atoms with E-state index in [1.165, 1.54) is 5.56 Å². The molecule has 35 heavy (non-hydrogen) atoms. The minimum atomic E-state index is -0.365. The summed E-state index contributed by atoms with van der Waals surface area (Å²) in [7, 11) is 1.64. The number of nitrogens with one attached hydrogen (secondary N) is 1. The van der Waals surface area contributed by atoms with Gasteiger partial charge in [0.1, 0.15) is 5.75 Å². The number of piperidine rings is 1. The Morgan fingerprint density at radius 3 is 2.57 bits per heavy atom. The number of ether oxygens (including phenoxy) is 1. The molecular weight excluding hydrogens is 440 g/mol. The number of benzene rings is 2. The Balaban J connectivity index is 1.12. The van der Waals surface area contributed by atoms with E-state index in [0.29, 0.717) is 25.6 Å². The molecule has 2 saturated heterocycles. The molecule has 0 radical (unpaired) electrons. The molecule has 180 valence electrons. The molecule has 3 fully saturated rings. The fourth-order valence-corrected chi connectivity index (χ4v) is 5.94. The van der Waals surface area contributed by atoms with Crippen LogP contribution in [-0.4, -0.2) is 53.7 Å². The Morgan fingerprint density at radius 1 is 1.09 bits per heavy atom. The molecule has 0 bridgehead atoms. The molecule has 1 aromatic heterocycles. The number of nitrogens with zero attached hydrogens (tertiary/aromatic N) is 3. The Bertz CT molecular complexity index is 1230. The number of likely N-dealkylation sites (tertiary alicyclic amines) is 1. The fourth-order valence-electron chi connectivity index (χ4n) is 5.94. The number of aromatic nitrogens is 2. The number of amides is 2. The van der Waals surface area contributed by atoms with Crippen LogP contribution in [0.25, 0.3) is 11.1 Å². The molecule has 7 heteroatoms. The van der Waals surface area contributed by atoms with E-state index in [1.807, 2.05) is 52.4 Å². The molecule has 1 N–H and O–H groups in total. The number of aromatic amines is 1. The Hall–Kier alpha value is -3.61. The highest BCUT2D eigenvalue weighted by Crippen LogP contribution is 2.50. The van der Waals surface area contributed by atoms with Crippen LogP contribution in [-0.2, 0) is 9.59 Å². The van der Waals surface area contributed by atoms with E-state index in [-0.39, 0.29) is 23.1 Å². The third-order valence-corrected chi connectivity index (χ3v) is 8.19. The lowest BCUT2D eigenvalue weighted by Crippen LogP contribution is -2.47. The van der Waals surface area contributed by atoms with Crippen molar-refractivity contribution in [3.63, 3.8) is 0 Å². The summed E-state index contributed by atoms with van der Waals surface area (Å²) in [6.45, 7) is 2.03. The second-order valence-corrected chi connectivity index (χ2v) is 10.0. The molecule has 3 heterocycles. The van der Waals surface area contributed by atoms with Crippen LogP contribution in [0.4, 0.5) is 5.69 Å². The standard InChI is InChI=1S/C28H30N4O3/c1-35-25-15-21(7-8-22(25)20-17-29-30-18-20)32-14-11-28(27(32)34)9-12-31(13-10-28)26(33)24-16-23(24)19-5-3-2-4-6-19/h2-8,15,17-18,23-24H,9-14,16H2,1H3,(H,29,30)/t23-,24+/m0/s1. The summed E-state index contributed by atoms with van der Waals surface area (Å²) in [6.07, 6.45) is 6.82. The molecule has 1 spiro atoms. The number of hydrogen-bond donors (Lipinski definition) is 1. The van der Waals surface area contributed by atoms with E-state index >= 15 is 0 Å². The van der Waals surface area contributed by atoms with Crippen LogP contribution < -0.4 is 9.64 Å². The van der Waals surface area contributed by atoms with Crippen molar-refractivity contribution < 1.29 is 14.3 Å². The van der Waals surface area contributed by atoms with E-state index in [9.17, 15) is 9.59 Å². The number of carbonyl (C=O) groups excluding carboxylic acids is 2. The quantitative estimate of drug-likeness (QED) is 0.605. The van der Waals surface area contributed by atoms with Gasteiger partial charge >= 0.3 is 0 Å². The lowest BCUT2D eigenvalue weighted by atomic mass is 9.77. The van der Waals surface area contributed by atoms with Gasteiger partial charge in [-0.3, -0.25) is 14.7 Å². The Kier molecular flexibility index (Phi) is 5.35. The summed E-state index contributed by atoms with van der Waals surface area (Å²) >= 11 is 0. The highest BCUT2D eigenvalue weighted by molar-refractivity contribution is 6.00. The zero-order valence-corrected chi connectivity index (χ0v) is 19.9. The van der Waals surface area contributed by atoms with Gasteiger partial charge < -0.3 is 14.5 Å². The maximum Gasteiger partial charge on any atom is 0.233 e. The van der Waals surface area contributed by atoms with Crippen LogP contribution in [0.5, 0.6) is 5.75 Å². The average molecular weight is 471 g/mol. The number of carbonyl (C=O) groups is 2. The van der Waals surface area contributed by atoms with E-state index in [0.717, 1.165) is 48.2 Å². The molecule has 7 nitrogen and oxygen atoms in total. The van der Waals surface area contributed by atoms with Crippen LogP contribution in [0.15, 0.2) is 60.9 Å². The summed E-state index contributed by atoms with van der Waals surface area (Å²) < 4.78 is 5.63. The lowest BCUT2D eigenvalue weighted by Gasteiger charge is -2.38. The van der Waals surface area contributed by atoms with E-state index < -0.39 is 0 Å². The maximum absolute atomic E-state index is 13.6. The number of hydrogen-bond acceptors (Lipinski definition) is 4. The number of methoxy groups -OCH3 is 1. The largest absolute Gasteiger partial charge is 0.496 e. The van der Waals surface area contributed by atoms with E-state index in [2.05, 4.69) is 22.3 Å². The summed E-state index contributed by atoms with van der Waals surface area (Å²) in [4.78, 5) is 30.6. The molecule has 0 unspecified atom stereocenters. The van der Waals surface area contributed by atoms with Crippen molar-refractivity contribution in [1.82, 2.24) is 15.1 Å². The Labute approximate surface area is 205 Å². The molecule has 1 saturated carbocycles. The number of anilines is 1.